The van der Waals surface area contributed by atoms with Gasteiger partial charge in [0.25, 0.3) is 0 Å². The maximum Gasteiger partial charge on any atom is 0.191 e. The van der Waals surface area contributed by atoms with E-state index in [1.165, 1.54) is 32.5 Å². The molecule has 0 aliphatic heterocycles. The SMILES string of the molecule is [B](c1ccc2ccccc2c1)c1ccc2ccccc2c1. The molecule has 0 atom stereocenters. The summed E-state index contributed by atoms with van der Waals surface area (Å²) < 4.78 is 0. The third kappa shape index (κ3) is 2.43. The Balaban J connectivity index is 1.71. The van der Waals surface area contributed by atoms with Crippen LogP contribution in [0.1, 0.15) is 0 Å². The van der Waals surface area contributed by atoms with Crippen LogP contribution in [-0.4, -0.2) is 7.28 Å². The summed E-state index contributed by atoms with van der Waals surface area (Å²) in [4.78, 5) is 0. The van der Waals surface area contributed by atoms with Gasteiger partial charge >= 0.3 is 0 Å². The lowest BCUT2D eigenvalue weighted by Gasteiger charge is -2.05. The van der Waals surface area contributed by atoms with Crippen molar-refractivity contribution in [1.82, 2.24) is 0 Å². The molecule has 0 saturated heterocycles. The normalized spacial score (nSPS) is 10.9. The van der Waals surface area contributed by atoms with E-state index < -0.39 is 0 Å². The summed E-state index contributed by atoms with van der Waals surface area (Å²) in [6, 6.07) is 30.1. The monoisotopic (exact) mass is 265 g/mol. The average Bonchev–Trinajstić information content (AvgIpc) is 2.55. The summed E-state index contributed by atoms with van der Waals surface area (Å²) in [5.74, 6) is 0. The minimum Gasteiger partial charge on any atom is -0.0808 e. The summed E-state index contributed by atoms with van der Waals surface area (Å²) in [5.41, 5.74) is 2.48. The molecule has 0 spiro atoms. The Morgan fingerprint density at radius 1 is 0.429 bits per heavy atom. The zero-order valence-electron chi connectivity index (χ0n) is 11.7. The Morgan fingerprint density at radius 2 is 0.857 bits per heavy atom. The van der Waals surface area contributed by atoms with Gasteiger partial charge in [-0.05, 0) is 21.5 Å². The van der Waals surface area contributed by atoms with Gasteiger partial charge in [0, 0.05) is 0 Å². The summed E-state index contributed by atoms with van der Waals surface area (Å²) in [7, 11) is 2.24. The van der Waals surface area contributed by atoms with E-state index in [1.54, 1.807) is 0 Å². The maximum atomic E-state index is 2.24. The van der Waals surface area contributed by atoms with Crippen molar-refractivity contribution in [2.75, 3.05) is 0 Å². The predicted octanol–water partition coefficient (Wildman–Crippen LogP) is 3.65. The zero-order chi connectivity index (χ0) is 14.1. The van der Waals surface area contributed by atoms with Crippen LogP contribution in [0.4, 0.5) is 0 Å². The lowest BCUT2D eigenvalue weighted by atomic mass is 9.63. The molecule has 0 heterocycles. The van der Waals surface area contributed by atoms with E-state index in [4.69, 9.17) is 0 Å². The van der Waals surface area contributed by atoms with Crippen LogP contribution in [0.25, 0.3) is 21.5 Å². The van der Waals surface area contributed by atoms with Gasteiger partial charge in [-0.2, -0.15) is 0 Å². The highest BCUT2D eigenvalue weighted by Crippen LogP contribution is 2.12. The third-order valence-electron chi connectivity index (χ3n) is 3.88. The fraction of sp³-hybridized carbons (Fsp3) is 0. The summed E-state index contributed by atoms with van der Waals surface area (Å²) in [6.45, 7) is 0. The van der Waals surface area contributed by atoms with Gasteiger partial charge in [-0.3, -0.25) is 0 Å². The van der Waals surface area contributed by atoms with Gasteiger partial charge in [-0.25, -0.2) is 0 Å². The van der Waals surface area contributed by atoms with Gasteiger partial charge in [0.15, 0.2) is 7.28 Å². The minimum absolute atomic E-state index is 1.24. The first-order valence-electron chi connectivity index (χ1n) is 7.21. The van der Waals surface area contributed by atoms with Crippen molar-refractivity contribution >= 4 is 39.8 Å². The van der Waals surface area contributed by atoms with Crippen LogP contribution in [0.2, 0.25) is 0 Å². The second kappa shape index (κ2) is 5.10. The molecule has 97 valence electrons. The van der Waals surface area contributed by atoms with Crippen molar-refractivity contribution in [2.45, 2.75) is 0 Å². The van der Waals surface area contributed by atoms with Crippen LogP contribution in [0.3, 0.4) is 0 Å². The maximum absolute atomic E-state index is 2.24. The molecule has 0 unspecified atom stereocenters. The van der Waals surface area contributed by atoms with Crippen molar-refractivity contribution in [3.05, 3.63) is 84.9 Å². The Hall–Kier alpha value is -2.54. The second-order valence-corrected chi connectivity index (χ2v) is 5.36. The molecule has 0 aromatic heterocycles. The molecule has 0 aliphatic carbocycles. The minimum atomic E-state index is 1.24. The Kier molecular flexibility index (Phi) is 2.97. The Labute approximate surface area is 125 Å². The fourth-order valence-corrected chi connectivity index (χ4v) is 2.79. The van der Waals surface area contributed by atoms with Gasteiger partial charge in [0.2, 0.25) is 0 Å². The Bertz CT molecular complexity index is 847. The van der Waals surface area contributed by atoms with Crippen LogP contribution in [0, 0.1) is 0 Å². The first-order chi connectivity index (χ1) is 10.4. The molecule has 0 amide bonds. The zero-order valence-corrected chi connectivity index (χ0v) is 11.7. The van der Waals surface area contributed by atoms with Crippen LogP contribution >= 0.6 is 0 Å². The van der Waals surface area contributed by atoms with Crippen LogP contribution in [-0.2, 0) is 0 Å². The molecule has 0 saturated carbocycles. The van der Waals surface area contributed by atoms with Gasteiger partial charge in [0.1, 0.15) is 0 Å². The number of benzene rings is 4. The van der Waals surface area contributed by atoms with E-state index in [-0.39, 0.29) is 0 Å². The highest BCUT2D eigenvalue weighted by molar-refractivity contribution is 6.67. The van der Waals surface area contributed by atoms with E-state index in [0.29, 0.717) is 0 Å². The quantitative estimate of drug-likeness (QED) is 0.485. The van der Waals surface area contributed by atoms with Crippen molar-refractivity contribution < 1.29 is 0 Å². The molecule has 0 aliphatic rings. The number of hydrogen-bond acceptors (Lipinski definition) is 0. The smallest absolute Gasteiger partial charge is 0.0808 e. The van der Waals surface area contributed by atoms with Gasteiger partial charge in [0.05, 0.1) is 0 Å². The van der Waals surface area contributed by atoms with Crippen LogP contribution in [0.15, 0.2) is 84.9 Å². The molecular formula is C20H14B. The number of fused-ring (bicyclic) bond motifs is 2. The van der Waals surface area contributed by atoms with Crippen molar-refractivity contribution in [3.63, 3.8) is 0 Å². The van der Waals surface area contributed by atoms with E-state index in [0.717, 1.165) is 0 Å². The van der Waals surface area contributed by atoms with E-state index in [9.17, 15) is 0 Å². The predicted molar refractivity (Wildman–Crippen MR) is 92.9 cm³/mol. The third-order valence-corrected chi connectivity index (χ3v) is 3.88. The van der Waals surface area contributed by atoms with Crippen LogP contribution < -0.4 is 10.9 Å². The lowest BCUT2D eigenvalue weighted by molar-refractivity contribution is 1.77. The highest BCUT2D eigenvalue weighted by Gasteiger charge is 2.02. The highest BCUT2D eigenvalue weighted by atomic mass is 14.0. The molecule has 4 aromatic carbocycles. The van der Waals surface area contributed by atoms with Gasteiger partial charge < -0.3 is 0 Å². The molecule has 0 nitrogen and oxygen atoms in total. The Morgan fingerprint density at radius 3 is 1.33 bits per heavy atom. The van der Waals surface area contributed by atoms with Crippen molar-refractivity contribution in [1.29, 1.82) is 0 Å². The molecule has 4 rings (SSSR count). The summed E-state index contributed by atoms with van der Waals surface area (Å²) in [6.07, 6.45) is 0. The summed E-state index contributed by atoms with van der Waals surface area (Å²) >= 11 is 0. The van der Waals surface area contributed by atoms with Gasteiger partial charge in [-0.1, -0.05) is 95.9 Å². The molecule has 0 N–H and O–H groups in total. The molecule has 0 fully saturated rings. The molecule has 1 heteroatoms. The number of hydrogen-bond donors (Lipinski definition) is 0. The first kappa shape index (κ1) is 12.2. The van der Waals surface area contributed by atoms with E-state index in [2.05, 4.69) is 92.2 Å². The molecule has 1 radical (unpaired) electrons. The molecule has 21 heavy (non-hydrogen) atoms. The molecule has 4 aromatic rings. The van der Waals surface area contributed by atoms with Crippen molar-refractivity contribution in [2.24, 2.45) is 0 Å². The van der Waals surface area contributed by atoms with Crippen LogP contribution in [0.5, 0.6) is 0 Å². The van der Waals surface area contributed by atoms with E-state index >= 15 is 0 Å². The first-order valence-corrected chi connectivity index (χ1v) is 7.21. The molecule has 0 bridgehead atoms. The number of rotatable bonds is 2. The van der Waals surface area contributed by atoms with Gasteiger partial charge in [-0.15, -0.1) is 0 Å². The second-order valence-electron chi connectivity index (χ2n) is 5.36. The largest absolute Gasteiger partial charge is 0.191 e. The fourth-order valence-electron chi connectivity index (χ4n) is 2.79. The van der Waals surface area contributed by atoms with Crippen molar-refractivity contribution in [3.8, 4) is 0 Å². The lowest BCUT2D eigenvalue weighted by Crippen LogP contribution is -2.26. The molecular weight excluding hydrogens is 251 g/mol. The average molecular weight is 265 g/mol. The standard InChI is InChI=1S/C20H14B/c1-3-7-17-13-19(11-9-15(17)5-1)21-20-12-10-16-6-2-4-8-18(16)14-20/h1-14H. The topological polar surface area (TPSA) is 0 Å². The summed E-state index contributed by atoms with van der Waals surface area (Å²) in [5, 5.41) is 5.14. The van der Waals surface area contributed by atoms with E-state index in [1.807, 2.05) is 0 Å².